The maximum Gasteiger partial charge on any atom is 0.245 e. The Morgan fingerprint density at radius 2 is 1.62 bits per heavy atom. The molecule has 2 heterocycles. The average Bonchev–Trinajstić information content (AvgIpc) is 2.66. The van der Waals surface area contributed by atoms with Crippen molar-refractivity contribution in [2.24, 2.45) is 0 Å². The molecule has 1 atom stereocenters. The van der Waals surface area contributed by atoms with Crippen LogP contribution in [0.25, 0.3) is 0 Å². The lowest BCUT2D eigenvalue weighted by Gasteiger charge is -2.39. The largest absolute Gasteiger partial charge is 0.360 e. The second-order valence-corrected chi connectivity index (χ2v) is 6.88. The topological polar surface area (TPSA) is 23.6 Å². The lowest BCUT2D eigenvalue weighted by Crippen LogP contribution is -2.50. The smallest absolute Gasteiger partial charge is 0.245 e. The molecule has 2 aromatic carbocycles. The van der Waals surface area contributed by atoms with E-state index in [1.54, 1.807) is 0 Å². The Kier molecular flexibility index (Phi) is 4.01. The van der Waals surface area contributed by atoms with Crippen LogP contribution in [-0.4, -0.2) is 29.9 Å². The van der Waals surface area contributed by atoms with Crippen LogP contribution in [0.5, 0.6) is 0 Å². The molecule has 0 aliphatic carbocycles. The fourth-order valence-electron chi connectivity index (χ4n) is 4.05. The van der Waals surface area contributed by atoms with Gasteiger partial charge in [-0.25, -0.2) is 0 Å². The third-order valence-corrected chi connectivity index (χ3v) is 5.41. The minimum absolute atomic E-state index is 0.100. The Morgan fingerprint density at radius 1 is 0.917 bits per heavy atom. The molecule has 2 aliphatic rings. The highest BCUT2D eigenvalue weighted by atomic mass is 16.2. The maximum absolute atomic E-state index is 13.1. The van der Waals surface area contributed by atoms with Gasteiger partial charge in [0.05, 0.1) is 0 Å². The molecule has 3 heteroatoms. The van der Waals surface area contributed by atoms with E-state index in [0.717, 1.165) is 38.9 Å². The first kappa shape index (κ1) is 15.3. The van der Waals surface area contributed by atoms with Crippen molar-refractivity contribution in [2.45, 2.75) is 38.8 Å². The second-order valence-electron chi connectivity index (χ2n) is 6.88. The lowest BCUT2D eigenvalue weighted by molar-refractivity contribution is -0.133. The van der Waals surface area contributed by atoms with Crippen LogP contribution in [0.3, 0.4) is 0 Å². The van der Waals surface area contributed by atoms with Gasteiger partial charge in [-0.1, -0.05) is 42.5 Å². The van der Waals surface area contributed by atoms with E-state index in [2.05, 4.69) is 60.4 Å². The van der Waals surface area contributed by atoms with E-state index in [-0.39, 0.29) is 11.9 Å². The summed E-state index contributed by atoms with van der Waals surface area (Å²) in [4.78, 5) is 17.4. The summed E-state index contributed by atoms with van der Waals surface area (Å²) >= 11 is 0. The number of para-hydroxylation sites is 1. The Hall–Kier alpha value is -2.29. The number of aryl methyl sites for hydroxylation is 1. The number of amides is 1. The average molecular weight is 320 g/mol. The zero-order valence-electron chi connectivity index (χ0n) is 14.2. The molecule has 2 aliphatic heterocycles. The van der Waals surface area contributed by atoms with E-state index < -0.39 is 0 Å². The fourth-order valence-corrected chi connectivity index (χ4v) is 4.05. The molecule has 0 saturated heterocycles. The predicted octanol–water partition coefficient (Wildman–Crippen LogP) is 3.41. The molecule has 0 spiro atoms. The molecule has 3 nitrogen and oxygen atoms in total. The second kappa shape index (κ2) is 6.31. The predicted molar refractivity (Wildman–Crippen MR) is 97.1 cm³/mol. The molecular weight excluding hydrogens is 296 g/mol. The van der Waals surface area contributed by atoms with Gasteiger partial charge in [0.15, 0.2) is 0 Å². The van der Waals surface area contributed by atoms with Crippen molar-refractivity contribution in [2.75, 3.05) is 18.0 Å². The minimum atomic E-state index is -0.100. The Morgan fingerprint density at radius 3 is 2.46 bits per heavy atom. The van der Waals surface area contributed by atoms with E-state index in [0.29, 0.717) is 0 Å². The summed E-state index contributed by atoms with van der Waals surface area (Å²) in [6.45, 7) is 4.60. The summed E-state index contributed by atoms with van der Waals surface area (Å²) < 4.78 is 0. The fraction of sp³-hybridized carbons (Fsp3) is 0.381. The quantitative estimate of drug-likeness (QED) is 0.846. The number of benzene rings is 2. The van der Waals surface area contributed by atoms with Gasteiger partial charge < -0.3 is 9.80 Å². The van der Waals surface area contributed by atoms with Gasteiger partial charge in [0, 0.05) is 25.3 Å². The van der Waals surface area contributed by atoms with E-state index in [1.165, 1.54) is 22.4 Å². The van der Waals surface area contributed by atoms with Gasteiger partial charge in [-0.3, -0.25) is 4.79 Å². The molecular formula is C21H24N2O. The summed E-state index contributed by atoms with van der Waals surface area (Å²) in [7, 11) is 0. The van der Waals surface area contributed by atoms with Crippen LogP contribution in [0.1, 0.15) is 30.0 Å². The highest BCUT2D eigenvalue weighted by Crippen LogP contribution is 2.29. The van der Waals surface area contributed by atoms with Gasteiger partial charge in [0.1, 0.15) is 6.04 Å². The summed E-state index contributed by atoms with van der Waals surface area (Å²) in [6, 6.07) is 16.9. The van der Waals surface area contributed by atoms with Crippen molar-refractivity contribution in [3.05, 3.63) is 65.2 Å². The zero-order valence-corrected chi connectivity index (χ0v) is 14.2. The van der Waals surface area contributed by atoms with Crippen molar-refractivity contribution in [3.8, 4) is 0 Å². The normalized spacial score (nSPS) is 17.9. The lowest BCUT2D eigenvalue weighted by atomic mass is 9.98. The minimum Gasteiger partial charge on any atom is -0.360 e. The number of anilines is 1. The standard InChI is InChI=1S/C21H24N2O/c1-16(23-13-6-10-18-8-4-5-11-20(18)23)21(24)22-14-12-17-7-2-3-9-19(17)15-22/h2-5,7-9,11,16H,6,10,12-15H2,1H3. The summed E-state index contributed by atoms with van der Waals surface area (Å²) in [5.74, 6) is 0.251. The van der Waals surface area contributed by atoms with Crippen LogP contribution in [0, 0.1) is 0 Å². The SMILES string of the molecule is CC(C(=O)N1CCc2ccccc2C1)N1CCCc2ccccc21. The Bertz CT molecular complexity index is 755. The zero-order chi connectivity index (χ0) is 16.5. The number of hydrogen-bond acceptors (Lipinski definition) is 2. The molecule has 0 radical (unpaired) electrons. The van der Waals surface area contributed by atoms with Gasteiger partial charge in [-0.15, -0.1) is 0 Å². The van der Waals surface area contributed by atoms with E-state index in [4.69, 9.17) is 0 Å². The van der Waals surface area contributed by atoms with Crippen LogP contribution in [0.4, 0.5) is 5.69 Å². The van der Waals surface area contributed by atoms with Crippen LogP contribution in [0.15, 0.2) is 48.5 Å². The Balaban J connectivity index is 1.54. The number of rotatable bonds is 2. The monoisotopic (exact) mass is 320 g/mol. The molecule has 0 fully saturated rings. The van der Waals surface area contributed by atoms with Gasteiger partial charge in [0.2, 0.25) is 5.91 Å². The number of hydrogen-bond donors (Lipinski definition) is 0. The van der Waals surface area contributed by atoms with Crippen molar-refractivity contribution >= 4 is 11.6 Å². The van der Waals surface area contributed by atoms with Gasteiger partial charge in [-0.2, -0.15) is 0 Å². The number of nitrogens with zero attached hydrogens (tertiary/aromatic N) is 2. The van der Waals surface area contributed by atoms with Gasteiger partial charge >= 0.3 is 0 Å². The van der Waals surface area contributed by atoms with Crippen LogP contribution in [0.2, 0.25) is 0 Å². The first-order chi connectivity index (χ1) is 11.7. The van der Waals surface area contributed by atoms with Crippen molar-refractivity contribution < 1.29 is 4.79 Å². The van der Waals surface area contributed by atoms with E-state index >= 15 is 0 Å². The van der Waals surface area contributed by atoms with Crippen LogP contribution in [-0.2, 0) is 24.2 Å². The van der Waals surface area contributed by atoms with Gasteiger partial charge in [-0.05, 0) is 48.9 Å². The third-order valence-electron chi connectivity index (χ3n) is 5.41. The first-order valence-electron chi connectivity index (χ1n) is 8.94. The van der Waals surface area contributed by atoms with E-state index in [9.17, 15) is 4.79 Å². The van der Waals surface area contributed by atoms with Gasteiger partial charge in [0.25, 0.3) is 0 Å². The van der Waals surface area contributed by atoms with Crippen molar-refractivity contribution in [1.82, 2.24) is 4.90 Å². The molecule has 0 bridgehead atoms. The molecule has 0 aromatic heterocycles. The molecule has 1 unspecified atom stereocenters. The van der Waals surface area contributed by atoms with Crippen molar-refractivity contribution in [3.63, 3.8) is 0 Å². The molecule has 1 amide bonds. The number of carbonyl (C=O) groups excluding carboxylic acids is 1. The first-order valence-corrected chi connectivity index (χ1v) is 8.94. The molecule has 2 aromatic rings. The summed E-state index contributed by atoms with van der Waals surface area (Å²) in [5, 5.41) is 0. The molecule has 0 N–H and O–H groups in total. The summed E-state index contributed by atoms with van der Waals surface area (Å²) in [5.41, 5.74) is 5.29. The molecule has 24 heavy (non-hydrogen) atoms. The van der Waals surface area contributed by atoms with Crippen molar-refractivity contribution in [1.29, 1.82) is 0 Å². The Labute approximate surface area is 143 Å². The maximum atomic E-state index is 13.1. The van der Waals surface area contributed by atoms with E-state index in [1.807, 2.05) is 4.90 Å². The molecule has 124 valence electrons. The highest BCUT2D eigenvalue weighted by molar-refractivity contribution is 5.85. The van der Waals surface area contributed by atoms with Crippen LogP contribution < -0.4 is 4.90 Å². The molecule has 4 rings (SSSR count). The summed E-state index contributed by atoms with van der Waals surface area (Å²) in [6.07, 6.45) is 3.20. The third kappa shape index (κ3) is 2.68. The van der Waals surface area contributed by atoms with Crippen LogP contribution >= 0.6 is 0 Å². The number of carbonyl (C=O) groups is 1. The molecule has 0 saturated carbocycles. The number of fused-ring (bicyclic) bond motifs is 2. The highest BCUT2D eigenvalue weighted by Gasteiger charge is 2.30.